The van der Waals surface area contributed by atoms with Crippen molar-refractivity contribution >= 4 is 5.91 Å². The van der Waals surface area contributed by atoms with Gasteiger partial charge in [-0.3, -0.25) is 14.6 Å². The summed E-state index contributed by atoms with van der Waals surface area (Å²) in [5, 5.41) is 9.10. The second kappa shape index (κ2) is 16.6. The van der Waals surface area contributed by atoms with Crippen molar-refractivity contribution < 1.29 is 9.18 Å². The molecule has 1 fully saturated rings. The molecule has 34 heavy (non-hydrogen) atoms. The third kappa shape index (κ3) is 10.1. The Bertz CT molecular complexity index is 736. The van der Waals surface area contributed by atoms with E-state index >= 15 is 0 Å². The highest BCUT2D eigenvalue weighted by atomic mass is 19.1. The maximum absolute atomic E-state index is 13.2. The number of unbranched alkanes of at least 4 members (excludes halogenated alkanes) is 2. The summed E-state index contributed by atoms with van der Waals surface area (Å²) in [7, 11) is 0. The number of nitrogens with two attached hydrogens (primary N) is 1. The average molecular weight is 476 g/mol. The van der Waals surface area contributed by atoms with Crippen molar-refractivity contribution in [3.63, 3.8) is 0 Å². The lowest BCUT2D eigenvalue weighted by atomic mass is 10.0. The number of piperazine rings is 1. The number of rotatable bonds is 11. The molecule has 1 aliphatic rings. The zero-order valence-electron chi connectivity index (χ0n) is 22.0. The minimum Gasteiger partial charge on any atom is -0.328 e. The van der Waals surface area contributed by atoms with Crippen molar-refractivity contribution in [2.45, 2.75) is 91.4 Å². The van der Waals surface area contributed by atoms with Crippen LogP contribution in [0.4, 0.5) is 4.39 Å². The van der Waals surface area contributed by atoms with Gasteiger partial charge in [-0.25, -0.2) is 4.39 Å². The Labute approximate surface area is 206 Å². The number of halogens is 1. The minimum absolute atomic E-state index is 0.0921. The Morgan fingerprint density at radius 2 is 1.82 bits per heavy atom. The molecule has 2 N–H and O–H groups in total. The molecule has 0 aromatic heterocycles. The first-order chi connectivity index (χ1) is 16.3. The highest BCUT2D eigenvalue weighted by Gasteiger charge is 2.33. The Balaban J connectivity index is 0.00000182. The fourth-order valence-electron chi connectivity index (χ4n) is 4.30. The van der Waals surface area contributed by atoms with Crippen molar-refractivity contribution in [1.29, 1.82) is 5.26 Å². The summed E-state index contributed by atoms with van der Waals surface area (Å²) in [5.74, 6) is -0.348. The van der Waals surface area contributed by atoms with Crippen molar-refractivity contribution in [2.75, 3.05) is 32.7 Å². The van der Waals surface area contributed by atoms with Crippen LogP contribution in [0.2, 0.25) is 0 Å². The SMILES string of the molecule is CCC.CCCCCN(CC#N)C(=O)C(N)CN1CC(CC)N(Cc2ccc(F)cc2)CC1C. The van der Waals surface area contributed by atoms with Crippen LogP contribution in [-0.4, -0.2) is 71.5 Å². The molecular formula is C27H46FN5O. The Morgan fingerprint density at radius 1 is 1.18 bits per heavy atom. The van der Waals surface area contributed by atoms with Gasteiger partial charge in [0.15, 0.2) is 0 Å². The van der Waals surface area contributed by atoms with Crippen LogP contribution in [0.5, 0.6) is 0 Å². The van der Waals surface area contributed by atoms with E-state index in [0.717, 1.165) is 50.9 Å². The lowest BCUT2D eigenvalue weighted by Gasteiger charge is -2.46. The first kappa shape index (κ1) is 30.0. The molecule has 1 aromatic carbocycles. The van der Waals surface area contributed by atoms with Gasteiger partial charge in [0.2, 0.25) is 5.91 Å². The van der Waals surface area contributed by atoms with Crippen LogP contribution in [-0.2, 0) is 11.3 Å². The second-order valence-electron chi connectivity index (χ2n) is 9.36. The Hall–Kier alpha value is -2.01. The highest BCUT2D eigenvalue weighted by molar-refractivity contribution is 5.82. The van der Waals surface area contributed by atoms with Gasteiger partial charge in [-0.2, -0.15) is 5.26 Å². The van der Waals surface area contributed by atoms with E-state index < -0.39 is 6.04 Å². The van der Waals surface area contributed by atoms with E-state index in [1.807, 2.05) is 12.1 Å². The molecule has 1 aromatic rings. The summed E-state index contributed by atoms with van der Waals surface area (Å²) in [6, 6.07) is 8.78. The molecule has 0 spiro atoms. The summed E-state index contributed by atoms with van der Waals surface area (Å²) < 4.78 is 13.2. The van der Waals surface area contributed by atoms with Gasteiger partial charge in [0.05, 0.1) is 12.1 Å². The van der Waals surface area contributed by atoms with Crippen molar-refractivity contribution in [1.82, 2.24) is 14.7 Å². The largest absolute Gasteiger partial charge is 0.328 e. The maximum Gasteiger partial charge on any atom is 0.241 e. The molecule has 1 heterocycles. The van der Waals surface area contributed by atoms with E-state index in [2.05, 4.69) is 50.5 Å². The molecule has 192 valence electrons. The number of hydrogen-bond donors (Lipinski definition) is 1. The van der Waals surface area contributed by atoms with Gasteiger partial charge < -0.3 is 10.6 Å². The fraction of sp³-hybridized carbons (Fsp3) is 0.704. The molecule has 0 radical (unpaired) electrons. The lowest BCUT2D eigenvalue weighted by Crippen LogP contribution is -2.60. The molecule has 3 unspecified atom stereocenters. The van der Waals surface area contributed by atoms with E-state index in [9.17, 15) is 9.18 Å². The lowest BCUT2D eigenvalue weighted by molar-refractivity contribution is -0.133. The van der Waals surface area contributed by atoms with E-state index in [-0.39, 0.29) is 24.3 Å². The molecule has 1 aliphatic heterocycles. The molecule has 0 bridgehead atoms. The van der Waals surface area contributed by atoms with Gasteiger partial charge in [0.25, 0.3) is 0 Å². The van der Waals surface area contributed by atoms with Crippen LogP contribution in [0.1, 0.15) is 72.3 Å². The third-order valence-electron chi connectivity index (χ3n) is 6.21. The van der Waals surface area contributed by atoms with Crippen LogP contribution >= 0.6 is 0 Å². The first-order valence-electron chi connectivity index (χ1n) is 12.9. The van der Waals surface area contributed by atoms with E-state index in [0.29, 0.717) is 19.1 Å². The number of nitriles is 1. The summed E-state index contributed by atoms with van der Waals surface area (Å²) in [5.41, 5.74) is 7.42. The number of amides is 1. The predicted octanol–water partition coefficient (Wildman–Crippen LogP) is 4.40. The molecule has 2 rings (SSSR count). The fourth-order valence-corrected chi connectivity index (χ4v) is 4.30. The van der Waals surface area contributed by atoms with Gasteiger partial charge in [-0.05, 0) is 37.5 Å². The summed E-state index contributed by atoms with van der Waals surface area (Å²) >= 11 is 0. The smallest absolute Gasteiger partial charge is 0.241 e. The zero-order chi connectivity index (χ0) is 25.5. The number of carbonyl (C=O) groups excluding carboxylic acids is 1. The predicted molar refractivity (Wildman–Crippen MR) is 138 cm³/mol. The number of hydrogen-bond acceptors (Lipinski definition) is 5. The van der Waals surface area contributed by atoms with Crippen molar-refractivity contribution in [2.24, 2.45) is 5.73 Å². The monoisotopic (exact) mass is 475 g/mol. The summed E-state index contributed by atoms with van der Waals surface area (Å²) in [4.78, 5) is 19.2. The Kier molecular flexibility index (Phi) is 14.6. The number of benzene rings is 1. The molecule has 1 saturated heterocycles. The van der Waals surface area contributed by atoms with E-state index in [1.165, 1.54) is 18.6 Å². The quantitative estimate of drug-likeness (QED) is 0.379. The molecule has 1 amide bonds. The van der Waals surface area contributed by atoms with Crippen LogP contribution in [0.3, 0.4) is 0 Å². The normalized spacial score (nSPS) is 19.6. The minimum atomic E-state index is -0.626. The van der Waals surface area contributed by atoms with Crippen molar-refractivity contribution in [3.8, 4) is 6.07 Å². The van der Waals surface area contributed by atoms with Gasteiger partial charge in [0, 0.05) is 44.8 Å². The number of carbonyl (C=O) groups is 1. The zero-order valence-corrected chi connectivity index (χ0v) is 22.0. The first-order valence-corrected chi connectivity index (χ1v) is 12.9. The highest BCUT2D eigenvalue weighted by Crippen LogP contribution is 2.21. The van der Waals surface area contributed by atoms with Gasteiger partial charge in [-0.15, -0.1) is 0 Å². The Morgan fingerprint density at radius 3 is 2.38 bits per heavy atom. The van der Waals surface area contributed by atoms with Gasteiger partial charge in [-0.1, -0.05) is 59.1 Å². The van der Waals surface area contributed by atoms with Gasteiger partial charge >= 0.3 is 0 Å². The summed E-state index contributed by atoms with van der Waals surface area (Å²) in [6.45, 7) is 14.4. The van der Waals surface area contributed by atoms with E-state index in [1.54, 1.807) is 4.90 Å². The molecule has 7 heteroatoms. The van der Waals surface area contributed by atoms with Crippen LogP contribution in [0.15, 0.2) is 24.3 Å². The maximum atomic E-state index is 13.2. The molecule has 3 atom stereocenters. The molecule has 0 aliphatic carbocycles. The topological polar surface area (TPSA) is 76.6 Å². The number of nitrogens with zero attached hydrogens (tertiary/aromatic N) is 4. The second-order valence-corrected chi connectivity index (χ2v) is 9.36. The van der Waals surface area contributed by atoms with Crippen LogP contribution in [0, 0.1) is 17.1 Å². The average Bonchev–Trinajstić information content (AvgIpc) is 2.81. The third-order valence-corrected chi connectivity index (χ3v) is 6.21. The standard InChI is InChI=1S/C24H38FN5O.C3H8/c1-4-6-7-13-28(14-12-26)24(31)23(27)18-29-17-22(5-2)30(15-19(29)3)16-20-8-10-21(25)11-9-20;1-3-2/h8-11,19,22-23H,4-7,13-18,27H2,1-3H3;3H2,1-2H3. The van der Waals surface area contributed by atoms with Gasteiger partial charge in [0.1, 0.15) is 12.4 Å². The van der Waals surface area contributed by atoms with Crippen LogP contribution < -0.4 is 5.73 Å². The van der Waals surface area contributed by atoms with Crippen molar-refractivity contribution in [3.05, 3.63) is 35.6 Å². The van der Waals surface area contributed by atoms with Crippen LogP contribution in [0.25, 0.3) is 0 Å². The summed E-state index contributed by atoms with van der Waals surface area (Å²) in [6.07, 6.45) is 5.24. The van der Waals surface area contributed by atoms with E-state index in [4.69, 9.17) is 11.0 Å². The molecular weight excluding hydrogens is 429 g/mol. The molecule has 6 nitrogen and oxygen atoms in total. The molecule has 0 saturated carbocycles.